The molecule has 0 aliphatic rings. The molecule has 1 aromatic carbocycles. The fourth-order valence-electron chi connectivity index (χ4n) is 1.33. The van der Waals surface area contributed by atoms with Crippen molar-refractivity contribution in [2.45, 2.75) is 5.24 Å². The Bertz CT molecular complexity index is 561. The Labute approximate surface area is 95.2 Å². The van der Waals surface area contributed by atoms with Crippen LogP contribution in [0.1, 0.15) is 0 Å². The first-order valence-electron chi connectivity index (χ1n) is 4.39. The maximum Gasteiger partial charge on any atom is 0.270 e. The molecule has 0 fully saturated rings. The molecule has 1 heterocycles. The van der Waals surface area contributed by atoms with E-state index in [0.717, 1.165) is 4.68 Å². The Morgan fingerprint density at radius 2 is 2.06 bits per heavy atom. The van der Waals surface area contributed by atoms with Crippen LogP contribution in [0, 0.1) is 10.1 Å². The third-order valence-electron chi connectivity index (χ3n) is 2.10. The van der Waals surface area contributed by atoms with E-state index in [1.807, 2.05) is 0 Å². The zero-order valence-corrected chi connectivity index (χ0v) is 8.20. The van der Waals surface area contributed by atoms with Gasteiger partial charge in [0.25, 0.3) is 5.69 Å². The second kappa shape index (κ2) is 3.40. The lowest BCUT2D eigenvalue weighted by Gasteiger charge is -2.20. The van der Waals surface area contributed by atoms with Crippen LogP contribution in [0.2, 0.25) is 0 Å². The van der Waals surface area contributed by atoms with Crippen LogP contribution in [-0.4, -0.2) is 38.2 Å². The topological polar surface area (TPSA) is 61.0 Å². The minimum Gasteiger partial charge on any atom is -0.291 e. The highest BCUT2D eigenvalue weighted by atomic mass is 16.6. The molecule has 0 amide bonds. The normalized spacial score (nSPS) is 11.8. The first-order valence-corrected chi connectivity index (χ1v) is 4.39. The quantitative estimate of drug-likeness (QED) is 0.395. The van der Waals surface area contributed by atoms with Crippen LogP contribution in [0.5, 0.6) is 0 Å². The molecule has 8 heteroatoms. The first-order chi connectivity index (χ1) is 7.38. The molecule has 0 saturated heterocycles. The minimum atomic E-state index is -1.62. The molecular weight excluding hydrogens is 203 g/mol. The van der Waals surface area contributed by atoms with E-state index in [2.05, 4.69) is 5.10 Å². The van der Waals surface area contributed by atoms with Gasteiger partial charge in [-0.15, -0.1) is 0 Å². The number of nitrogens with zero attached hydrogens (tertiary/aromatic N) is 3. The monoisotopic (exact) mass is 207 g/mol. The van der Waals surface area contributed by atoms with Gasteiger partial charge in [0.15, 0.2) is 0 Å². The van der Waals surface area contributed by atoms with Crippen molar-refractivity contribution in [3.63, 3.8) is 0 Å². The largest absolute Gasteiger partial charge is 0.291 e. The Kier molecular flexibility index (Phi) is 2.29. The van der Waals surface area contributed by atoms with Gasteiger partial charge in [0, 0.05) is 23.7 Å². The molecule has 0 aliphatic heterocycles. The second-order valence-electron chi connectivity index (χ2n) is 3.46. The fourth-order valence-corrected chi connectivity index (χ4v) is 1.33. The maximum absolute atomic E-state index is 10.6. The number of hydrogen-bond acceptors (Lipinski definition) is 3. The van der Waals surface area contributed by atoms with E-state index in [4.69, 9.17) is 23.5 Å². The first kappa shape index (κ1) is 10.8. The number of hydrogen-bond donors (Lipinski definition) is 0. The number of aromatic nitrogens is 2. The van der Waals surface area contributed by atoms with Crippen LogP contribution in [-0.2, 0) is 5.24 Å². The molecule has 5 nitrogen and oxygen atoms in total. The molecule has 0 spiro atoms. The molecule has 16 heavy (non-hydrogen) atoms. The molecule has 0 unspecified atom stereocenters. The smallest absolute Gasteiger partial charge is 0.270 e. The lowest BCUT2D eigenvalue weighted by atomic mass is 9.49. The number of nitro groups is 1. The van der Waals surface area contributed by atoms with E-state index < -0.39 is 10.2 Å². The van der Waals surface area contributed by atoms with Crippen LogP contribution < -0.4 is 0 Å². The van der Waals surface area contributed by atoms with Crippen molar-refractivity contribution in [3.05, 3.63) is 34.5 Å². The molecule has 1 aromatic heterocycles. The molecule has 2 aromatic rings. The SMILES string of the molecule is [B]C([B])([B])n1cc2cc([N+](=O)[O-])ccc2n1. The van der Waals surface area contributed by atoms with Crippen LogP contribution in [0.25, 0.3) is 10.9 Å². The van der Waals surface area contributed by atoms with Crippen molar-refractivity contribution in [2.75, 3.05) is 0 Å². The highest BCUT2D eigenvalue weighted by Crippen LogP contribution is 2.20. The minimum absolute atomic E-state index is 0.0243. The van der Waals surface area contributed by atoms with Gasteiger partial charge in [-0.2, -0.15) is 5.10 Å². The van der Waals surface area contributed by atoms with Crippen LogP contribution in [0.4, 0.5) is 5.69 Å². The van der Waals surface area contributed by atoms with Gasteiger partial charge in [0.2, 0.25) is 0 Å². The number of non-ortho nitro benzene ring substituents is 1. The summed E-state index contributed by atoms with van der Waals surface area (Å²) in [5, 5.41) is 13.5. The van der Waals surface area contributed by atoms with Gasteiger partial charge in [-0.05, 0) is 11.3 Å². The average Bonchev–Trinajstić information content (AvgIpc) is 2.58. The molecule has 72 valence electrons. The predicted octanol–water partition coefficient (Wildman–Crippen LogP) is 0.0178. The van der Waals surface area contributed by atoms with Crippen molar-refractivity contribution in [1.29, 1.82) is 0 Å². The summed E-state index contributed by atoms with van der Waals surface area (Å²) in [6.07, 6.45) is 1.46. The highest BCUT2D eigenvalue weighted by molar-refractivity contribution is 6.56. The summed E-state index contributed by atoms with van der Waals surface area (Å²) in [4.78, 5) is 10.1. The van der Waals surface area contributed by atoms with Gasteiger partial charge in [-0.25, -0.2) is 0 Å². The maximum atomic E-state index is 10.6. The lowest BCUT2D eigenvalue weighted by molar-refractivity contribution is -0.384. The molecule has 0 N–H and O–H groups in total. The molecule has 6 radical (unpaired) electrons. The highest BCUT2D eigenvalue weighted by Gasteiger charge is 2.15. The third kappa shape index (κ3) is 1.82. The van der Waals surface area contributed by atoms with E-state index in [9.17, 15) is 10.1 Å². The van der Waals surface area contributed by atoms with Gasteiger partial charge < -0.3 is 0 Å². The molecule has 0 bridgehead atoms. The number of rotatable bonds is 2. The van der Waals surface area contributed by atoms with E-state index in [-0.39, 0.29) is 5.69 Å². The molecule has 2 rings (SSSR count). The van der Waals surface area contributed by atoms with Gasteiger partial charge >= 0.3 is 0 Å². The average molecular weight is 207 g/mol. The Hall–Kier alpha value is -1.72. The van der Waals surface area contributed by atoms with E-state index >= 15 is 0 Å². The Morgan fingerprint density at radius 3 is 2.62 bits per heavy atom. The van der Waals surface area contributed by atoms with Crippen molar-refractivity contribution in [3.8, 4) is 0 Å². The molecule has 0 saturated carbocycles. The van der Waals surface area contributed by atoms with Crippen LogP contribution >= 0.6 is 0 Å². The zero-order valence-electron chi connectivity index (χ0n) is 8.20. The van der Waals surface area contributed by atoms with Crippen LogP contribution in [0.15, 0.2) is 24.4 Å². The van der Waals surface area contributed by atoms with Crippen molar-refractivity contribution < 1.29 is 4.92 Å². The summed E-state index contributed by atoms with van der Waals surface area (Å²) >= 11 is 0. The van der Waals surface area contributed by atoms with E-state index in [1.165, 1.54) is 24.4 Å². The molecular formula is C8H4B3N3O2. The number of fused-ring (bicyclic) bond motifs is 1. The summed E-state index contributed by atoms with van der Waals surface area (Å²) in [6, 6.07) is 4.24. The zero-order chi connectivity index (χ0) is 11.9. The second-order valence-corrected chi connectivity index (χ2v) is 3.46. The van der Waals surface area contributed by atoms with Crippen molar-refractivity contribution in [1.82, 2.24) is 9.78 Å². The third-order valence-corrected chi connectivity index (χ3v) is 2.10. The lowest BCUT2D eigenvalue weighted by Crippen LogP contribution is -2.35. The van der Waals surface area contributed by atoms with E-state index in [0.29, 0.717) is 10.9 Å². The van der Waals surface area contributed by atoms with E-state index in [1.54, 1.807) is 0 Å². The van der Waals surface area contributed by atoms with Gasteiger partial charge in [-0.3, -0.25) is 14.8 Å². The number of benzene rings is 1. The van der Waals surface area contributed by atoms with Gasteiger partial charge in [0.1, 0.15) is 0 Å². The van der Waals surface area contributed by atoms with Gasteiger partial charge in [0.05, 0.1) is 34.0 Å². The molecule has 0 atom stereocenters. The summed E-state index contributed by atoms with van der Waals surface area (Å²) in [5.41, 5.74) is 0.514. The summed E-state index contributed by atoms with van der Waals surface area (Å²) < 4.78 is 1.15. The Balaban J connectivity index is 2.59. The molecule has 0 aliphatic carbocycles. The fraction of sp³-hybridized carbons (Fsp3) is 0.125. The van der Waals surface area contributed by atoms with Crippen LogP contribution in [0.3, 0.4) is 0 Å². The van der Waals surface area contributed by atoms with Crippen molar-refractivity contribution >= 4 is 40.1 Å². The summed E-state index contributed by atoms with van der Waals surface area (Å²) in [7, 11) is 16.3. The number of nitro benzene ring substituents is 1. The Morgan fingerprint density at radius 1 is 1.38 bits per heavy atom. The van der Waals surface area contributed by atoms with Crippen molar-refractivity contribution in [2.24, 2.45) is 0 Å². The van der Waals surface area contributed by atoms with Gasteiger partial charge in [-0.1, -0.05) is 0 Å². The summed E-state index contributed by atoms with van der Waals surface area (Å²) in [6.45, 7) is 0. The summed E-state index contributed by atoms with van der Waals surface area (Å²) in [5.74, 6) is 0. The predicted molar refractivity (Wildman–Crippen MR) is 61.6 cm³/mol. The standard InChI is InChI=1S/C8H4B3N3O2/c9-8(10,11)13-4-5-3-6(14(15)16)1-2-7(5)12-13/h1-4H.